The molecule has 2 N–H and O–H groups in total. The molecule has 5 heteroatoms. The summed E-state index contributed by atoms with van der Waals surface area (Å²) >= 11 is 0. The molecule has 0 fully saturated rings. The van der Waals surface area contributed by atoms with Gasteiger partial charge in [-0.05, 0) is 29.8 Å². The summed E-state index contributed by atoms with van der Waals surface area (Å²) in [6.07, 6.45) is 0. The van der Waals surface area contributed by atoms with E-state index in [4.69, 9.17) is 10.5 Å². The molecule has 2 rings (SSSR count). The van der Waals surface area contributed by atoms with E-state index in [9.17, 15) is 8.42 Å². The number of nitrogen functional groups attached to an aromatic ring is 1. The molecular weight excluding hydrogens is 262 g/mol. The summed E-state index contributed by atoms with van der Waals surface area (Å²) in [6, 6.07) is 13.5. The third-order valence-corrected chi connectivity index (χ3v) is 4.50. The molecule has 0 saturated heterocycles. The highest BCUT2D eigenvalue weighted by Crippen LogP contribution is 2.23. The zero-order chi connectivity index (χ0) is 13.9. The van der Waals surface area contributed by atoms with Gasteiger partial charge in [-0.25, -0.2) is 8.42 Å². The molecule has 2 aromatic rings. The monoisotopic (exact) mass is 277 g/mol. The molecule has 0 atom stereocenters. The van der Waals surface area contributed by atoms with Crippen molar-refractivity contribution in [1.82, 2.24) is 0 Å². The van der Waals surface area contributed by atoms with E-state index in [1.807, 2.05) is 0 Å². The lowest BCUT2D eigenvalue weighted by Crippen LogP contribution is -2.07. The Morgan fingerprint density at radius 2 is 1.84 bits per heavy atom. The lowest BCUT2D eigenvalue weighted by Gasteiger charge is -2.08. The standard InChI is InChI=1S/C14H15NO3S/c1-18-12-6-4-5-11(9-12)10-19(16,17)14-8-3-2-7-13(14)15/h2-9H,10,15H2,1H3. The molecule has 100 valence electrons. The van der Waals surface area contributed by atoms with Gasteiger partial charge in [-0.3, -0.25) is 0 Å². The van der Waals surface area contributed by atoms with E-state index in [-0.39, 0.29) is 16.3 Å². The van der Waals surface area contributed by atoms with Crippen LogP contribution in [-0.2, 0) is 15.6 Å². The summed E-state index contributed by atoms with van der Waals surface area (Å²) in [7, 11) is -1.91. The number of benzene rings is 2. The minimum atomic E-state index is -3.45. The first-order valence-electron chi connectivity index (χ1n) is 5.73. The molecule has 0 amide bonds. The van der Waals surface area contributed by atoms with Gasteiger partial charge in [0.15, 0.2) is 9.84 Å². The van der Waals surface area contributed by atoms with Crippen molar-refractivity contribution in [3.63, 3.8) is 0 Å². The average molecular weight is 277 g/mol. The van der Waals surface area contributed by atoms with E-state index in [1.165, 1.54) is 6.07 Å². The second kappa shape index (κ2) is 5.32. The van der Waals surface area contributed by atoms with Crippen LogP contribution in [0, 0.1) is 0 Å². The van der Waals surface area contributed by atoms with E-state index in [2.05, 4.69) is 0 Å². The van der Waals surface area contributed by atoms with Crippen molar-refractivity contribution >= 4 is 15.5 Å². The summed E-state index contributed by atoms with van der Waals surface area (Å²) in [5.41, 5.74) is 6.65. The molecular formula is C14H15NO3S. The fourth-order valence-electron chi connectivity index (χ4n) is 1.82. The van der Waals surface area contributed by atoms with Gasteiger partial charge >= 0.3 is 0 Å². The van der Waals surface area contributed by atoms with Crippen LogP contribution in [0.5, 0.6) is 5.75 Å². The first-order chi connectivity index (χ1) is 9.03. The van der Waals surface area contributed by atoms with Crippen LogP contribution in [-0.4, -0.2) is 15.5 Å². The Kier molecular flexibility index (Phi) is 3.76. The second-order valence-electron chi connectivity index (χ2n) is 4.15. The van der Waals surface area contributed by atoms with E-state index < -0.39 is 9.84 Å². The largest absolute Gasteiger partial charge is 0.497 e. The molecule has 19 heavy (non-hydrogen) atoms. The number of para-hydroxylation sites is 1. The van der Waals surface area contributed by atoms with Gasteiger partial charge in [0, 0.05) is 0 Å². The van der Waals surface area contributed by atoms with Gasteiger partial charge in [0.05, 0.1) is 23.4 Å². The maximum Gasteiger partial charge on any atom is 0.184 e. The minimum Gasteiger partial charge on any atom is -0.497 e. The Labute approximate surface area is 112 Å². The van der Waals surface area contributed by atoms with E-state index >= 15 is 0 Å². The molecule has 0 spiro atoms. The lowest BCUT2D eigenvalue weighted by atomic mass is 10.2. The van der Waals surface area contributed by atoms with Crippen LogP contribution in [0.2, 0.25) is 0 Å². The number of ether oxygens (including phenoxy) is 1. The second-order valence-corrected chi connectivity index (χ2v) is 6.11. The van der Waals surface area contributed by atoms with Crippen molar-refractivity contribution in [2.45, 2.75) is 10.6 Å². The van der Waals surface area contributed by atoms with Gasteiger partial charge in [0.1, 0.15) is 5.75 Å². The number of nitrogens with two attached hydrogens (primary N) is 1. The highest BCUT2D eigenvalue weighted by atomic mass is 32.2. The first kappa shape index (κ1) is 13.4. The van der Waals surface area contributed by atoms with Crippen molar-refractivity contribution in [3.05, 3.63) is 54.1 Å². The first-order valence-corrected chi connectivity index (χ1v) is 7.38. The molecule has 0 unspecified atom stereocenters. The maximum atomic E-state index is 12.3. The van der Waals surface area contributed by atoms with Gasteiger partial charge in [0.2, 0.25) is 0 Å². The van der Waals surface area contributed by atoms with E-state index in [1.54, 1.807) is 49.6 Å². The van der Waals surface area contributed by atoms with Crippen molar-refractivity contribution in [2.24, 2.45) is 0 Å². The fourth-order valence-corrected chi connectivity index (χ4v) is 3.31. The number of methoxy groups -OCH3 is 1. The molecule has 0 heterocycles. The molecule has 4 nitrogen and oxygen atoms in total. The number of rotatable bonds is 4. The van der Waals surface area contributed by atoms with Crippen molar-refractivity contribution in [1.29, 1.82) is 0 Å². The van der Waals surface area contributed by atoms with Gasteiger partial charge in [-0.1, -0.05) is 24.3 Å². The third kappa shape index (κ3) is 3.06. The highest BCUT2D eigenvalue weighted by Gasteiger charge is 2.18. The van der Waals surface area contributed by atoms with E-state index in [0.29, 0.717) is 11.3 Å². The molecule has 0 aliphatic rings. The quantitative estimate of drug-likeness (QED) is 0.870. The smallest absolute Gasteiger partial charge is 0.184 e. The van der Waals surface area contributed by atoms with Crippen LogP contribution >= 0.6 is 0 Å². The number of hydrogen-bond acceptors (Lipinski definition) is 4. The molecule has 2 aromatic carbocycles. The van der Waals surface area contributed by atoms with Crippen molar-refractivity contribution < 1.29 is 13.2 Å². The summed E-state index contributed by atoms with van der Waals surface area (Å²) in [6.45, 7) is 0. The Morgan fingerprint density at radius 3 is 2.53 bits per heavy atom. The summed E-state index contributed by atoms with van der Waals surface area (Å²) in [5, 5.41) is 0. The lowest BCUT2D eigenvalue weighted by molar-refractivity contribution is 0.414. The van der Waals surface area contributed by atoms with Crippen LogP contribution < -0.4 is 10.5 Å². The Morgan fingerprint density at radius 1 is 1.11 bits per heavy atom. The molecule has 0 radical (unpaired) electrons. The highest BCUT2D eigenvalue weighted by molar-refractivity contribution is 7.90. The fraction of sp³-hybridized carbons (Fsp3) is 0.143. The number of sulfone groups is 1. The van der Waals surface area contributed by atoms with Crippen LogP contribution in [0.25, 0.3) is 0 Å². The molecule has 0 aliphatic heterocycles. The minimum absolute atomic E-state index is 0.0988. The van der Waals surface area contributed by atoms with Crippen molar-refractivity contribution in [2.75, 3.05) is 12.8 Å². The normalized spacial score (nSPS) is 11.2. The SMILES string of the molecule is COc1cccc(CS(=O)(=O)c2ccccc2N)c1. The number of anilines is 1. The van der Waals surface area contributed by atoms with Crippen molar-refractivity contribution in [3.8, 4) is 5.75 Å². The maximum absolute atomic E-state index is 12.3. The molecule has 0 saturated carbocycles. The Hall–Kier alpha value is -2.01. The van der Waals surface area contributed by atoms with E-state index in [0.717, 1.165) is 0 Å². The molecule has 0 aromatic heterocycles. The average Bonchev–Trinajstić information content (AvgIpc) is 2.38. The van der Waals surface area contributed by atoms with Crippen LogP contribution in [0.1, 0.15) is 5.56 Å². The summed E-state index contributed by atoms with van der Waals surface area (Å²) < 4.78 is 29.7. The predicted octanol–water partition coefficient (Wildman–Crippen LogP) is 2.25. The van der Waals surface area contributed by atoms with Gasteiger partial charge in [0.25, 0.3) is 0 Å². The predicted molar refractivity (Wildman–Crippen MR) is 74.7 cm³/mol. The van der Waals surface area contributed by atoms with Gasteiger partial charge in [-0.2, -0.15) is 0 Å². The van der Waals surface area contributed by atoms with Crippen LogP contribution in [0.15, 0.2) is 53.4 Å². The summed E-state index contributed by atoms with van der Waals surface area (Å²) in [5.74, 6) is 0.534. The third-order valence-electron chi connectivity index (χ3n) is 2.74. The number of hydrogen-bond donors (Lipinski definition) is 1. The Bertz CT molecular complexity index is 681. The van der Waals surface area contributed by atoms with Crippen LogP contribution in [0.3, 0.4) is 0 Å². The zero-order valence-electron chi connectivity index (χ0n) is 10.5. The Balaban J connectivity index is 2.34. The molecule has 0 bridgehead atoms. The molecule has 0 aliphatic carbocycles. The van der Waals surface area contributed by atoms with Gasteiger partial charge in [-0.15, -0.1) is 0 Å². The summed E-state index contributed by atoms with van der Waals surface area (Å²) in [4.78, 5) is 0.165. The van der Waals surface area contributed by atoms with Crippen LogP contribution in [0.4, 0.5) is 5.69 Å². The van der Waals surface area contributed by atoms with Gasteiger partial charge < -0.3 is 10.5 Å². The zero-order valence-corrected chi connectivity index (χ0v) is 11.4. The topological polar surface area (TPSA) is 69.4 Å².